The molecule has 5 heteroatoms. The Morgan fingerprint density at radius 2 is 1.86 bits per heavy atom. The molecule has 0 bridgehead atoms. The summed E-state index contributed by atoms with van der Waals surface area (Å²) >= 11 is 0. The lowest BCUT2D eigenvalue weighted by molar-refractivity contribution is -0.172. The van der Waals surface area contributed by atoms with Gasteiger partial charge in [-0.1, -0.05) is 25.5 Å². The van der Waals surface area contributed by atoms with E-state index in [1.54, 1.807) is 6.92 Å². The van der Waals surface area contributed by atoms with Gasteiger partial charge in [-0.15, -0.1) is 0 Å². The molecule has 0 spiro atoms. The van der Waals surface area contributed by atoms with E-state index in [0.717, 1.165) is 12.8 Å². The first-order chi connectivity index (χ1) is 10.2. The van der Waals surface area contributed by atoms with Crippen LogP contribution in [0, 0.1) is 5.41 Å². The second kappa shape index (κ2) is 7.77. The third-order valence-corrected chi connectivity index (χ3v) is 3.59. The fourth-order valence-electron chi connectivity index (χ4n) is 2.37. The van der Waals surface area contributed by atoms with Gasteiger partial charge in [0.25, 0.3) is 0 Å². The van der Waals surface area contributed by atoms with Crippen LogP contribution < -0.4 is 0 Å². The van der Waals surface area contributed by atoms with Gasteiger partial charge in [-0.2, -0.15) is 0 Å². The van der Waals surface area contributed by atoms with Gasteiger partial charge >= 0.3 is 11.9 Å². The van der Waals surface area contributed by atoms with Crippen LogP contribution >= 0.6 is 0 Å². The van der Waals surface area contributed by atoms with Crippen molar-refractivity contribution in [2.24, 2.45) is 5.41 Å². The second-order valence-corrected chi connectivity index (χ2v) is 6.95. The quantitative estimate of drug-likeness (QED) is 0.411. The Labute approximate surface area is 133 Å². The van der Waals surface area contributed by atoms with Crippen molar-refractivity contribution in [2.45, 2.75) is 59.5 Å². The van der Waals surface area contributed by atoms with E-state index in [4.69, 9.17) is 9.47 Å². The zero-order chi connectivity index (χ0) is 16.8. The molecule has 1 rings (SSSR count). The maximum Gasteiger partial charge on any atom is 0.417 e. The molecule has 0 aromatic rings. The Morgan fingerprint density at radius 1 is 1.23 bits per heavy atom. The van der Waals surface area contributed by atoms with Crippen molar-refractivity contribution in [1.82, 2.24) is 0 Å². The lowest BCUT2D eigenvalue weighted by atomic mass is 9.94. The summed E-state index contributed by atoms with van der Waals surface area (Å²) < 4.78 is 15.3. The van der Waals surface area contributed by atoms with Gasteiger partial charge in [-0.25, -0.2) is 9.59 Å². The third-order valence-electron chi connectivity index (χ3n) is 3.59. The Hall–Kier alpha value is -1.36. The van der Waals surface area contributed by atoms with Crippen LogP contribution in [0.5, 0.6) is 0 Å². The van der Waals surface area contributed by atoms with Crippen molar-refractivity contribution in [3.8, 4) is 0 Å². The van der Waals surface area contributed by atoms with E-state index in [9.17, 15) is 9.59 Å². The lowest BCUT2D eigenvalue weighted by Gasteiger charge is -2.24. The summed E-state index contributed by atoms with van der Waals surface area (Å²) in [5, 5.41) is 0. The average molecular weight is 312 g/mol. The minimum absolute atomic E-state index is 0.0230. The Balaban J connectivity index is 2.29. The smallest absolute Gasteiger partial charge is 0.417 e. The van der Waals surface area contributed by atoms with Gasteiger partial charge < -0.3 is 14.2 Å². The standard InChI is InChI=1S/C17H28O5/c1-6-20-14(18)15(19)21-12-17(4,5)22-10-8-13-7-9-16(2,3)11-13/h11H,6-10,12H2,1-5H3. The van der Waals surface area contributed by atoms with Crippen molar-refractivity contribution >= 4 is 11.9 Å². The summed E-state index contributed by atoms with van der Waals surface area (Å²) in [4.78, 5) is 22.5. The molecule has 126 valence electrons. The number of hydrogen-bond donors (Lipinski definition) is 0. The van der Waals surface area contributed by atoms with Crippen molar-refractivity contribution in [1.29, 1.82) is 0 Å². The second-order valence-electron chi connectivity index (χ2n) is 6.95. The number of allylic oxidation sites excluding steroid dienone is 1. The van der Waals surface area contributed by atoms with Gasteiger partial charge in [0.05, 0.1) is 18.8 Å². The summed E-state index contributed by atoms with van der Waals surface area (Å²) in [6.07, 6.45) is 5.51. The highest BCUT2D eigenvalue weighted by atomic mass is 16.6. The fraction of sp³-hybridized carbons (Fsp3) is 0.765. The van der Waals surface area contributed by atoms with Crippen LogP contribution in [-0.2, 0) is 23.8 Å². The fourth-order valence-corrected chi connectivity index (χ4v) is 2.37. The number of hydrogen-bond acceptors (Lipinski definition) is 5. The van der Waals surface area contributed by atoms with Crippen LogP contribution in [-0.4, -0.2) is 37.4 Å². The lowest BCUT2D eigenvalue weighted by Crippen LogP contribution is -2.34. The predicted octanol–water partition coefficient (Wildman–Crippen LogP) is 3.02. The van der Waals surface area contributed by atoms with Gasteiger partial charge in [-0.05, 0) is 45.4 Å². The highest BCUT2D eigenvalue weighted by Gasteiger charge is 2.26. The molecule has 0 saturated carbocycles. The molecule has 5 nitrogen and oxygen atoms in total. The van der Waals surface area contributed by atoms with Crippen LogP contribution in [0.4, 0.5) is 0 Å². The van der Waals surface area contributed by atoms with Crippen molar-refractivity contribution < 1.29 is 23.8 Å². The molecule has 1 aliphatic carbocycles. The van der Waals surface area contributed by atoms with E-state index in [1.165, 1.54) is 12.0 Å². The summed E-state index contributed by atoms with van der Waals surface area (Å²) in [5.74, 6) is -1.93. The number of carbonyl (C=O) groups excluding carboxylic acids is 2. The van der Waals surface area contributed by atoms with E-state index >= 15 is 0 Å². The molecule has 0 heterocycles. The average Bonchev–Trinajstić information content (AvgIpc) is 2.75. The van der Waals surface area contributed by atoms with Crippen LogP contribution in [0.1, 0.15) is 53.9 Å². The summed E-state index contributed by atoms with van der Waals surface area (Å²) in [5.41, 5.74) is 1.08. The largest absolute Gasteiger partial charge is 0.458 e. The maximum atomic E-state index is 11.4. The van der Waals surface area contributed by atoms with Crippen LogP contribution in [0.15, 0.2) is 11.6 Å². The highest BCUT2D eigenvalue weighted by Crippen LogP contribution is 2.36. The Morgan fingerprint density at radius 3 is 2.41 bits per heavy atom. The molecule has 0 unspecified atom stereocenters. The molecule has 0 atom stereocenters. The number of rotatable bonds is 7. The first-order valence-corrected chi connectivity index (χ1v) is 7.84. The number of esters is 2. The highest BCUT2D eigenvalue weighted by molar-refractivity contribution is 6.29. The molecule has 22 heavy (non-hydrogen) atoms. The minimum Gasteiger partial charge on any atom is -0.458 e. The SMILES string of the molecule is CCOC(=O)C(=O)OCC(C)(C)OCCC1=CC(C)(C)CC1. The van der Waals surface area contributed by atoms with E-state index < -0.39 is 17.5 Å². The molecule has 0 fully saturated rings. The molecule has 0 saturated heterocycles. The molecular formula is C17H28O5. The van der Waals surface area contributed by atoms with Gasteiger partial charge in [0, 0.05) is 0 Å². The van der Waals surface area contributed by atoms with Gasteiger partial charge in [0.1, 0.15) is 6.61 Å². The van der Waals surface area contributed by atoms with Crippen LogP contribution in [0.25, 0.3) is 0 Å². The molecular weight excluding hydrogens is 284 g/mol. The zero-order valence-corrected chi connectivity index (χ0v) is 14.4. The number of carbonyl (C=O) groups is 2. The Kier molecular flexibility index (Phi) is 6.60. The zero-order valence-electron chi connectivity index (χ0n) is 14.4. The molecule has 0 aromatic carbocycles. The topological polar surface area (TPSA) is 61.8 Å². The Bertz CT molecular complexity index is 434. The van der Waals surface area contributed by atoms with Crippen molar-refractivity contribution in [2.75, 3.05) is 19.8 Å². The number of ether oxygens (including phenoxy) is 3. The minimum atomic E-state index is -0.973. The molecule has 0 aliphatic heterocycles. The summed E-state index contributed by atoms with van der Waals surface area (Å²) in [6, 6.07) is 0. The molecule has 0 aromatic heterocycles. The van der Waals surface area contributed by atoms with Crippen molar-refractivity contribution in [3.05, 3.63) is 11.6 Å². The molecule has 0 amide bonds. The third kappa shape index (κ3) is 6.60. The monoisotopic (exact) mass is 312 g/mol. The predicted molar refractivity (Wildman–Crippen MR) is 83.3 cm³/mol. The van der Waals surface area contributed by atoms with Crippen molar-refractivity contribution in [3.63, 3.8) is 0 Å². The van der Waals surface area contributed by atoms with Gasteiger partial charge in [-0.3, -0.25) is 0 Å². The molecule has 0 radical (unpaired) electrons. The van der Waals surface area contributed by atoms with E-state index in [2.05, 4.69) is 24.7 Å². The molecule has 0 N–H and O–H groups in total. The summed E-state index contributed by atoms with van der Waals surface area (Å²) in [7, 11) is 0. The van der Waals surface area contributed by atoms with E-state index in [1.807, 2.05) is 13.8 Å². The van der Waals surface area contributed by atoms with Crippen LogP contribution in [0.3, 0.4) is 0 Å². The first-order valence-electron chi connectivity index (χ1n) is 7.84. The van der Waals surface area contributed by atoms with E-state index in [0.29, 0.717) is 12.0 Å². The van der Waals surface area contributed by atoms with Crippen LogP contribution in [0.2, 0.25) is 0 Å². The van der Waals surface area contributed by atoms with E-state index in [-0.39, 0.29) is 13.2 Å². The summed E-state index contributed by atoms with van der Waals surface area (Å²) in [6.45, 7) is 10.5. The van der Waals surface area contributed by atoms with Gasteiger partial charge in [0.2, 0.25) is 0 Å². The molecule has 1 aliphatic rings. The first kappa shape index (κ1) is 18.7. The normalized spacial score (nSPS) is 17.0. The maximum absolute atomic E-state index is 11.4. The van der Waals surface area contributed by atoms with Gasteiger partial charge in [0.15, 0.2) is 0 Å².